The third kappa shape index (κ3) is 0.743. The molecular formula is C13H22O. The molecule has 0 aromatic heterocycles. The molecular weight excluding hydrogens is 172 g/mol. The van der Waals surface area contributed by atoms with Crippen molar-refractivity contribution in [1.29, 1.82) is 0 Å². The monoisotopic (exact) mass is 194 g/mol. The topological polar surface area (TPSA) is 20.2 Å². The van der Waals surface area contributed by atoms with E-state index in [0.29, 0.717) is 16.7 Å². The van der Waals surface area contributed by atoms with Crippen LogP contribution in [0.3, 0.4) is 0 Å². The normalized spacial score (nSPS) is 66.0. The van der Waals surface area contributed by atoms with Crippen LogP contribution in [0.15, 0.2) is 0 Å². The van der Waals surface area contributed by atoms with Crippen molar-refractivity contribution in [3.8, 4) is 0 Å². The molecule has 6 atom stereocenters. The Bertz CT molecular complexity index is 274. The van der Waals surface area contributed by atoms with Gasteiger partial charge in [0.25, 0.3) is 0 Å². The van der Waals surface area contributed by atoms with Crippen LogP contribution in [0.2, 0.25) is 0 Å². The molecule has 3 saturated carbocycles. The van der Waals surface area contributed by atoms with E-state index < -0.39 is 0 Å². The minimum atomic E-state index is 0.00574. The molecule has 0 aliphatic heterocycles. The average Bonchev–Trinajstić information content (AvgIpc) is 2.80. The molecule has 3 rings (SSSR count). The van der Waals surface area contributed by atoms with Gasteiger partial charge in [-0.1, -0.05) is 20.8 Å². The molecule has 1 N–H and O–H groups in total. The zero-order valence-electron chi connectivity index (χ0n) is 9.59. The number of hydrogen-bond donors (Lipinski definition) is 1. The highest BCUT2D eigenvalue weighted by atomic mass is 16.3. The molecule has 0 saturated heterocycles. The first-order valence-electron chi connectivity index (χ1n) is 6.20. The first kappa shape index (κ1) is 9.21. The lowest BCUT2D eigenvalue weighted by atomic mass is 9.55. The van der Waals surface area contributed by atoms with Crippen LogP contribution in [-0.2, 0) is 0 Å². The minimum absolute atomic E-state index is 0.00574. The zero-order valence-corrected chi connectivity index (χ0v) is 9.59. The Morgan fingerprint density at radius 2 is 2.00 bits per heavy atom. The molecule has 3 aliphatic rings. The molecule has 3 aliphatic carbocycles. The second-order valence-corrected chi connectivity index (χ2v) is 6.42. The Morgan fingerprint density at radius 3 is 2.64 bits per heavy atom. The molecule has 0 aromatic rings. The third-order valence-corrected chi connectivity index (χ3v) is 6.28. The molecule has 0 amide bonds. The zero-order chi connectivity index (χ0) is 10.1. The first-order chi connectivity index (χ1) is 6.52. The average molecular weight is 194 g/mol. The third-order valence-electron chi connectivity index (χ3n) is 6.28. The van der Waals surface area contributed by atoms with E-state index in [4.69, 9.17) is 0 Å². The molecule has 1 nitrogen and oxygen atoms in total. The van der Waals surface area contributed by atoms with E-state index >= 15 is 0 Å². The van der Waals surface area contributed by atoms with Crippen LogP contribution in [0.4, 0.5) is 0 Å². The SMILES string of the molecule is CC1C[C@@H](O)[C@]23CC2CC[C@]3(C)C1C. The molecule has 1 heteroatoms. The van der Waals surface area contributed by atoms with Crippen molar-refractivity contribution < 1.29 is 5.11 Å². The highest BCUT2D eigenvalue weighted by Gasteiger charge is 2.74. The van der Waals surface area contributed by atoms with Crippen LogP contribution in [0.5, 0.6) is 0 Å². The molecule has 14 heavy (non-hydrogen) atoms. The molecule has 3 unspecified atom stereocenters. The Kier molecular flexibility index (Phi) is 1.56. The van der Waals surface area contributed by atoms with Crippen LogP contribution < -0.4 is 0 Å². The van der Waals surface area contributed by atoms with Crippen LogP contribution in [0.1, 0.15) is 46.5 Å². The van der Waals surface area contributed by atoms with Gasteiger partial charge in [0.15, 0.2) is 0 Å². The summed E-state index contributed by atoms with van der Waals surface area (Å²) >= 11 is 0. The van der Waals surface area contributed by atoms with E-state index in [1.165, 1.54) is 19.3 Å². The molecule has 0 bridgehead atoms. The number of aliphatic hydroxyl groups is 1. The van der Waals surface area contributed by atoms with Gasteiger partial charge in [-0.2, -0.15) is 0 Å². The van der Waals surface area contributed by atoms with E-state index in [0.717, 1.165) is 18.3 Å². The summed E-state index contributed by atoms with van der Waals surface area (Å²) in [5, 5.41) is 10.3. The molecule has 3 fully saturated rings. The predicted octanol–water partition coefficient (Wildman–Crippen LogP) is 2.83. The largest absolute Gasteiger partial charge is 0.393 e. The number of hydrogen-bond acceptors (Lipinski definition) is 1. The van der Waals surface area contributed by atoms with E-state index in [9.17, 15) is 5.11 Å². The summed E-state index contributed by atoms with van der Waals surface area (Å²) in [7, 11) is 0. The maximum absolute atomic E-state index is 10.3. The van der Waals surface area contributed by atoms with Gasteiger partial charge in [0.05, 0.1) is 6.10 Å². The van der Waals surface area contributed by atoms with Crippen molar-refractivity contribution in [2.24, 2.45) is 28.6 Å². The van der Waals surface area contributed by atoms with Gasteiger partial charge in [0.2, 0.25) is 0 Å². The van der Waals surface area contributed by atoms with Gasteiger partial charge in [0, 0.05) is 5.41 Å². The Hall–Kier alpha value is -0.0400. The number of aliphatic hydroxyl groups excluding tert-OH is 1. The summed E-state index contributed by atoms with van der Waals surface area (Å²) < 4.78 is 0. The fourth-order valence-electron chi connectivity index (χ4n) is 4.95. The van der Waals surface area contributed by atoms with Crippen LogP contribution in [0, 0.1) is 28.6 Å². The van der Waals surface area contributed by atoms with Crippen molar-refractivity contribution in [2.45, 2.75) is 52.6 Å². The molecule has 0 heterocycles. The smallest absolute Gasteiger partial charge is 0.0607 e. The van der Waals surface area contributed by atoms with Crippen molar-refractivity contribution >= 4 is 0 Å². The quantitative estimate of drug-likeness (QED) is 0.628. The van der Waals surface area contributed by atoms with Crippen molar-refractivity contribution in [2.75, 3.05) is 0 Å². The molecule has 0 radical (unpaired) electrons. The second-order valence-electron chi connectivity index (χ2n) is 6.42. The first-order valence-corrected chi connectivity index (χ1v) is 6.20. The van der Waals surface area contributed by atoms with E-state index in [2.05, 4.69) is 20.8 Å². The Balaban J connectivity index is 2.03. The highest BCUT2D eigenvalue weighted by Crippen LogP contribution is 2.78. The number of rotatable bonds is 0. The van der Waals surface area contributed by atoms with Gasteiger partial charge < -0.3 is 5.11 Å². The van der Waals surface area contributed by atoms with Gasteiger partial charge in [-0.3, -0.25) is 0 Å². The van der Waals surface area contributed by atoms with Crippen LogP contribution in [0.25, 0.3) is 0 Å². The lowest BCUT2D eigenvalue weighted by Crippen LogP contribution is -2.48. The molecule has 80 valence electrons. The van der Waals surface area contributed by atoms with E-state index in [1.807, 2.05) is 0 Å². The second kappa shape index (κ2) is 2.37. The van der Waals surface area contributed by atoms with Gasteiger partial charge in [-0.25, -0.2) is 0 Å². The predicted molar refractivity (Wildman–Crippen MR) is 56.8 cm³/mol. The van der Waals surface area contributed by atoms with Gasteiger partial charge >= 0.3 is 0 Å². The van der Waals surface area contributed by atoms with Gasteiger partial charge in [-0.05, 0) is 48.9 Å². The van der Waals surface area contributed by atoms with Crippen molar-refractivity contribution in [3.63, 3.8) is 0 Å². The van der Waals surface area contributed by atoms with Crippen LogP contribution >= 0.6 is 0 Å². The van der Waals surface area contributed by atoms with Crippen LogP contribution in [-0.4, -0.2) is 11.2 Å². The van der Waals surface area contributed by atoms with Crippen molar-refractivity contribution in [3.05, 3.63) is 0 Å². The highest BCUT2D eigenvalue weighted by molar-refractivity contribution is 5.23. The Labute approximate surface area is 86.9 Å². The summed E-state index contributed by atoms with van der Waals surface area (Å²) in [5.41, 5.74) is 0.813. The van der Waals surface area contributed by atoms with Gasteiger partial charge in [0.1, 0.15) is 0 Å². The summed E-state index contributed by atoms with van der Waals surface area (Å²) in [5.74, 6) is 2.39. The maximum atomic E-state index is 10.3. The fourth-order valence-corrected chi connectivity index (χ4v) is 4.95. The Morgan fingerprint density at radius 1 is 1.29 bits per heavy atom. The van der Waals surface area contributed by atoms with Crippen molar-refractivity contribution in [1.82, 2.24) is 0 Å². The van der Waals surface area contributed by atoms with E-state index in [1.54, 1.807) is 0 Å². The standard InChI is InChI=1S/C13H22O/c1-8-6-11(14)13-7-10(13)4-5-12(13,3)9(8)2/h8-11,14H,4-7H2,1-3H3/t8?,9?,10?,11-,12-,13+/m1/s1. The maximum Gasteiger partial charge on any atom is 0.0607 e. The molecule has 0 aromatic carbocycles. The summed E-state index contributed by atoms with van der Waals surface area (Å²) in [6.45, 7) is 7.18. The summed E-state index contributed by atoms with van der Waals surface area (Å²) in [6, 6.07) is 0. The fraction of sp³-hybridized carbons (Fsp3) is 1.00. The summed E-state index contributed by atoms with van der Waals surface area (Å²) in [6.07, 6.45) is 5.12. The van der Waals surface area contributed by atoms with Gasteiger partial charge in [-0.15, -0.1) is 0 Å². The molecule has 1 spiro atoms. The summed E-state index contributed by atoms with van der Waals surface area (Å²) in [4.78, 5) is 0. The lowest BCUT2D eigenvalue weighted by molar-refractivity contribution is -0.0877. The van der Waals surface area contributed by atoms with E-state index in [-0.39, 0.29) is 6.10 Å². The lowest BCUT2D eigenvalue weighted by Gasteiger charge is -2.51. The minimum Gasteiger partial charge on any atom is -0.393 e.